The van der Waals surface area contributed by atoms with Gasteiger partial charge in [0.2, 0.25) is 21.8 Å². The van der Waals surface area contributed by atoms with Gasteiger partial charge in [0.15, 0.2) is 0 Å². The van der Waals surface area contributed by atoms with E-state index >= 15 is 0 Å². The number of hydrogen-bond donors (Lipinski definition) is 0. The van der Waals surface area contributed by atoms with Crippen molar-refractivity contribution in [2.75, 3.05) is 13.1 Å². The van der Waals surface area contributed by atoms with E-state index in [4.69, 9.17) is 4.42 Å². The van der Waals surface area contributed by atoms with Crippen LogP contribution in [0.1, 0.15) is 30.2 Å². The number of rotatable bonds is 4. The molecular formula is C20H17F4N3O3S. The molecule has 1 unspecified atom stereocenters. The van der Waals surface area contributed by atoms with E-state index in [0.717, 1.165) is 22.5 Å². The Hall–Kier alpha value is -2.79. The molecule has 164 valence electrons. The second-order valence-corrected chi connectivity index (χ2v) is 9.12. The van der Waals surface area contributed by atoms with Crippen LogP contribution >= 0.6 is 0 Å². The molecule has 6 nitrogen and oxygen atoms in total. The first kappa shape index (κ1) is 21.4. The largest absolute Gasteiger partial charge is 0.420 e. The first-order valence-electron chi connectivity index (χ1n) is 9.41. The lowest BCUT2D eigenvalue weighted by Gasteiger charge is -2.30. The number of piperidine rings is 1. The smallest absolute Gasteiger partial charge is 0.416 e. The Labute approximate surface area is 175 Å². The van der Waals surface area contributed by atoms with Crippen molar-refractivity contribution in [1.82, 2.24) is 14.5 Å². The van der Waals surface area contributed by atoms with Gasteiger partial charge in [-0.3, -0.25) is 0 Å². The molecule has 1 atom stereocenters. The van der Waals surface area contributed by atoms with Crippen molar-refractivity contribution in [3.8, 4) is 11.5 Å². The molecular weight excluding hydrogens is 438 g/mol. The zero-order valence-electron chi connectivity index (χ0n) is 16.0. The van der Waals surface area contributed by atoms with Gasteiger partial charge in [-0.1, -0.05) is 6.07 Å². The van der Waals surface area contributed by atoms with Gasteiger partial charge in [0, 0.05) is 18.7 Å². The van der Waals surface area contributed by atoms with Crippen molar-refractivity contribution in [1.29, 1.82) is 0 Å². The molecule has 1 aromatic heterocycles. The Morgan fingerprint density at radius 2 is 1.81 bits per heavy atom. The van der Waals surface area contributed by atoms with Crippen LogP contribution in [0.3, 0.4) is 0 Å². The molecule has 0 radical (unpaired) electrons. The van der Waals surface area contributed by atoms with Gasteiger partial charge in [-0.15, -0.1) is 10.2 Å². The van der Waals surface area contributed by atoms with Gasteiger partial charge in [-0.2, -0.15) is 17.5 Å². The number of aromatic nitrogens is 2. The van der Waals surface area contributed by atoms with Crippen LogP contribution in [0.5, 0.6) is 0 Å². The summed E-state index contributed by atoms with van der Waals surface area (Å²) in [6.07, 6.45) is -3.58. The highest BCUT2D eigenvalue weighted by molar-refractivity contribution is 7.89. The number of nitrogens with zero attached hydrogens (tertiary/aromatic N) is 3. The van der Waals surface area contributed by atoms with E-state index < -0.39 is 38.4 Å². The van der Waals surface area contributed by atoms with Gasteiger partial charge in [0.1, 0.15) is 5.82 Å². The van der Waals surface area contributed by atoms with Crippen LogP contribution < -0.4 is 0 Å². The number of alkyl halides is 3. The Morgan fingerprint density at radius 3 is 2.52 bits per heavy atom. The minimum Gasteiger partial charge on any atom is -0.420 e. The normalized spacial score (nSPS) is 18.3. The third-order valence-electron chi connectivity index (χ3n) is 5.06. The van der Waals surface area contributed by atoms with Crippen LogP contribution in [0, 0.1) is 5.82 Å². The van der Waals surface area contributed by atoms with E-state index in [1.807, 2.05) is 0 Å². The van der Waals surface area contributed by atoms with E-state index in [-0.39, 0.29) is 24.9 Å². The van der Waals surface area contributed by atoms with Crippen LogP contribution in [0.4, 0.5) is 17.6 Å². The second-order valence-electron chi connectivity index (χ2n) is 7.18. The van der Waals surface area contributed by atoms with Crippen LogP contribution in [-0.2, 0) is 16.2 Å². The van der Waals surface area contributed by atoms with Crippen LogP contribution in [0.15, 0.2) is 57.8 Å². The molecule has 0 bridgehead atoms. The fourth-order valence-electron chi connectivity index (χ4n) is 3.45. The molecule has 11 heteroatoms. The van der Waals surface area contributed by atoms with Crippen molar-refractivity contribution >= 4 is 10.0 Å². The maximum Gasteiger partial charge on any atom is 0.416 e. The van der Waals surface area contributed by atoms with Gasteiger partial charge in [0.25, 0.3) is 0 Å². The highest BCUT2D eigenvalue weighted by Gasteiger charge is 2.36. The predicted octanol–water partition coefficient (Wildman–Crippen LogP) is 4.46. The number of halogens is 4. The molecule has 4 rings (SSSR count). The Morgan fingerprint density at radius 1 is 1.06 bits per heavy atom. The summed E-state index contributed by atoms with van der Waals surface area (Å²) < 4.78 is 84.8. The summed E-state index contributed by atoms with van der Waals surface area (Å²) in [5.74, 6) is -0.418. The average molecular weight is 455 g/mol. The van der Waals surface area contributed by atoms with Gasteiger partial charge < -0.3 is 4.42 Å². The lowest BCUT2D eigenvalue weighted by molar-refractivity contribution is -0.137. The van der Waals surface area contributed by atoms with E-state index in [9.17, 15) is 26.0 Å². The summed E-state index contributed by atoms with van der Waals surface area (Å²) in [5, 5.41) is 7.94. The zero-order chi connectivity index (χ0) is 22.2. The van der Waals surface area contributed by atoms with E-state index in [1.165, 1.54) is 24.3 Å². The van der Waals surface area contributed by atoms with Crippen LogP contribution in [0.25, 0.3) is 11.5 Å². The Bertz CT molecular complexity index is 1180. The molecule has 1 aliphatic heterocycles. The van der Waals surface area contributed by atoms with Crippen molar-refractivity contribution in [3.63, 3.8) is 0 Å². The highest BCUT2D eigenvalue weighted by atomic mass is 32.2. The van der Waals surface area contributed by atoms with E-state index in [1.54, 1.807) is 0 Å². The number of hydrogen-bond acceptors (Lipinski definition) is 5. The quantitative estimate of drug-likeness (QED) is 0.543. The van der Waals surface area contributed by atoms with Crippen molar-refractivity contribution in [3.05, 3.63) is 65.8 Å². The third kappa shape index (κ3) is 4.47. The molecule has 3 aromatic rings. The van der Waals surface area contributed by atoms with Crippen molar-refractivity contribution in [2.24, 2.45) is 0 Å². The second kappa shape index (κ2) is 8.04. The fourth-order valence-corrected chi connectivity index (χ4v) is 5.02. The molecule has 2 heterocycles. The van der Waals surface area contributed by atoms with Crippen LogP contribution in [0.2, 0.25) is 0 Å². The summed E-state index contributed by atoms with van der Waals surface area (Å²) in [7, 11) is -4.13. The molecule has 0 amide bonds. The molecule has 0 N–H and O–H groups in total. The topological polar surface area (TPSA) is 76.3 Å². The van der Waals surface area contributed by atoms with Crippen LogP contribution in [-0.4, -0.2) is 36.0 Å². The standard InChI is InChI=1S/C20H17F4N3O3S/c21-16-8-6-13(7-9-16)18-25-26-19(30-18)14-3-2-10-27(12-14)31(28,29)17-5-1-4-15(11-17)20(22,23)24/h1,4-9,11,14H,2-3,10,12H2. The molecule has 1 saturated heterocycles. The summed E-state index contributed by atoms with van der Waals surface area (Å²) in [4.78, 5) is -0.416. The van der Waals surface area contributed by atoms with Gasteiger partial charge >= 0.3 is 6.18 Å². The first-order chi connectivity index (χ1) is 14.6. The average Bonchev–Trinajstić information content (AvgIpc) is 3.24. The maximum absolute atomic E-state index is 13.1. The molecule has 1 aliphatic rings. The lowest BCUT2D eigenvalue weighted by atomic mass is 10.00. The summed E-state index contributed by atoms with van der Waals surface area (Å²) in [6, 6.07) is 9.16. The van der Waals surface area contributed by atoms with Gasteiger partial charge in [-0.25, -0.2) is 12.8 Å². The number of benzene rings is 2. The molecule has 0 spiro atoms. The number of sulfonamides is 1. The summed E-state index contributed by atoms with van der Waals surface area (Å²) >= 11 is 0. The van der Waals surface area contributed by atoms with Crippen molar-refractivity contribution in [2.45, 2.75) is 29.8 Å². The zero-order valence-corrected chi connectivity index (χ0v) is 16.8. The molecule has 2 aromatic carbocycles. The highest BCUT2D eigenvalue weighted by Crippen LogP contribution is 2.34. The SMILES string of the molecule is O=S(=O)(c1cccc(C(F)(F)F)c1)N1CCCC(c2nnc(-c3ccc(F)cc3)o2)C1. The van der Waals surface area contributed by atoms with E-state index in [2.05, 4.69) is 10.2 Å². The predicted molar refractivity (Wildman–Crippen MR) is 102 cm³/mol. The summed E-state index contributed by atoms with van der Waals surface area (Å²) in [5.41, 5.74) is -0.507. The molecule has 1 fully saturated rings. The Balaban J connectivity index is 1.55. The summed E-state index contributed by atoms with van der Waals surface area (Å²) in [6.45, 7) is 0.178. The Kier molecular flexibility index (Phi) is 5.56. The van der Waals surface area contributed by atoms with Gasteiger partial charge in [0.05, 0.1) is 16.4 Å². The minimum absolute atomic E-state index is 0.00360. The monoisotopic (exact) mass is 455 g/mol. The van der Waals surface area contributed by atoms with Crippen molar-refractivity contribution < 1.29 is 30.4 Å². The van der Waals surface area contributed by atoms with E-state index in [0.29, 0.717) is 24.5 Å². The first-order valence-corrected chi connectivity index (χ1v) is 10.9. The fraction of sp³-hybridized carbons (Fsp3) is 0.300. The minimum atomic E-state index is -4.64. The molecule has 0 aliphatic carbocycles. The maximum atomic E-state index is 13.1. The molecule has 0 saturated carbocycles. The van der Waals surface area contributed by atoms with Gasteiger partial charge in [-0.05, 0) is 55.3 Å². The molecule has 31 heavy (non-hydrogen) atoms. The lowest BCUT2D eigenvalue weighted by Crippen LogP contribution is -2.39. The third-order valence-corrected chi connectivity index (χ3v) is 6.93.